The van der Waals surface area contributed by atoms with E-state index in [1.807, 2.05) is 0 Å². The smallest absolute Gasteiger partial charge is 0.416 e. The molecule has 5 nitrogen and oxygen atoms in total. The van der Waals surface area contributed by atoms with Gasteiger partial charge in [0, 0.05) is 22.6 Å². The van der Waals surface area contributed by atoms with E-state index < -0.39 is 33.4 Å². The number of halogens is 3. The zero-order chi connectivity index (χ0) is 22.4. The molecule has 162 valence electrons. The van der Waals surface area contributed by atoms with E-state index >= 15 is 0 Å². The van der Waals surface area contributed by atoms with Crippen LogP contribution in [0.15, 0.2) is 63.7 Å². The molecular weight excluding hydrogens is 451 g/mol. The van der Waals surface area contributed by atoms with Gasteiger partial charge >= 0.3 is 6.18 Å². The van der Waals surface area contributed by atoms with Crippen molar-refractivity contribution in [3.63, 3.8) is 0 Å². The van der Waals surface area contributed by atoms with Crippen LogP contribution in [0.1, 0.15) is 28.3 Å². The number of carbonyl (C=O) groups excluding carboxylic acids is 1. The molecular formula is C21H16F3NO4S2. The molecule has 0 bridgehead atoms. The Morgan fingerprint density at radius 3 is 2.42 bits per heavy atom. The third kappa shape index (κ3) is 3.81. The number of fused-ring (bicyclic) bond motifs is 1. The highest BCUT2D eigenvalue weighted by Gasteiger charge is 2.40. The maximum absolute atomic E-state index is 13.6. The first-order valence-corrected chi connectivity index (χ1v) is 11.5. The highest BCUT2D eigenvalue weighted by Crippen LogP contribution is 2.48. The summed E-state index contributed by atoms with van der Waals surface area (Å²) in [6, 6.07) is 10.8. The quantitative estimate of drug-likeness (QED) is 0.581. The second-order valence-corrected chi connectivity index (χ2v) is 9.74. The lowest BCUT2D eigenvalue weighted by atomic mass is 9.87. The van der Waals surface area contributed by atoms with Crippen LogP contribution in [0, 0.1) is 0 Å². The van der Waals surface area contributed by atoms with E-state index in [-0.39, 0.29) is 27.5 Å². The molecule has 0 fully saturated rings. The van der Waals surface area contributed by atoms with Crippen molar-refractivity contribution in [2.75, 3.05) is 12.4 Å². The van der Waals surface area contributed by atoms with Gasteiger partial charge in [0.05, 0.1) is 23.3 Å². The maximum atomic E-state index is 13.6. The van der Waals surface area contributed by atoms with Gasteiger partial charge in [-0.3, -0.25) is 4.79 Å². The van der Waals surface area contributed by atoms with Crippen molar-refractivity contribution in [2.24, 2.45) is 0 Å². The van der Waals surface area contributed by atoms with Gasteiger partial charge in [0.15, 0.2) is 0 Å². The number of anilines is 1. The Balaban J connectivity index is 1.83. The molecule has 1 aliphatic heterocycles. The van der Waals surface area contributed by atoms with Crippen LogP contribution >= 0.6 is 11.3 Å². The average molecular weight is 467 g/mol. The van der Waals surface area contributed by atoms with Crippen LogP contribution in [0.2, 0.25) is 0 Å². The number of alkyl halides is 3. The minimum absolute atomic E-state index is 0.0130. The first-order chi connectivity index (χ1) is 14.6. The summed E-state index contributed by atoms with van der Waals surface area (Å²) >= 11 is 1.02. The fourth-order valence-electron chi connectivity index (χ4n) is 3.59. The fraction of sp³-hybridized carbons (Fsp3) is 0.190. The molecule has 0 saturated carbocycles. The van der Waals surface area contributed by atoms with Crippen molar-refractivity contribution in [3.05, 3.63) is 69.9 Å². The maximum Gasteiger partial charge on any atom is 0.416 e. The van der Waals surface area contributed by atoms with E-state index in [0.717, 1.165) is 17.4 Å². The van der Waals surface area contributed by atoms with E-state index in [2.05, 4.69) is 5.32 Å². The van der Waals surface area contributed by atoms with Crippen molar-refractivity contribution >= 4 is 32.8 Å². The normalized spacial score (nSPS) is 16.5. The Labute approximate surface area is 180 Å². The zero-order valence-electron chi connectivity index (χ0n) is 16.1. The molecule has 1 aromatic heterocycles. The van der Waals surface area contributed by atoms with E-state index in [4.69, 9.17) is 4.74 Å². The van der Waals surface area contributed by atoms with Gasteiger partial charge < -0.3 is 10.1 Å². The molecule has 0 aliphatic carbocycles. The number of methoxy groups -OCH3 is 1. The monoisotopic (exact) mass is 467 g/mol. The Hall–Kier alpha value is -2.85. The molecule has 4 rings (SSSR count). The summed E-state index contributed by atoms with van der Waals surface area (Å²) in [6.07, 6.45) is -4.80. The number of rotatable bonds is 4. The standard InChI is InChI=1S/C21H16F3NO4S2/c1-29-12-6-8-13(9-7-12)31(27,28)17-11-30-20-15(10-18(26)25-19(17)20)14-4-2-3-5-16(14)21(22,23)24/h2-9,11,15H,10H2,1H3,(H,25,26)/t15-/m0/s1. The lowest BCUT2D eigenvalue weighted by Gasteiger charge is -2.26. The predicted molar refractivity (Wildman–Crippen MR) is 109 cm³/mol. The Morgan fingerprint density at radius 1 is 1.10 bits per heavy atom. The van der Waals surface area contributed by atoms with Crippen LogP contribution < -0.4 is 10.1 Å². The second kappa shape index (κ2) is 7.69. The average Bonchev–Trinajstić information content (AvgIpc) is 3.17. The molecule has 1 amide bonds. The summed E-state index contributed by atoms with van der Waals surface area (Å²) in [5.41, 5.74) is -0.853. The summed E-state index contributed by atoms with van der Waals surface area (Å²) in [7, 11) is -2.56. The number of carbonyl (C=O) groups is 1. The van der Waals surface area contributed by atoms with Gasteiger partial charge in [-0.25, -0.2) is 8.42 Å². The lowest BCUT2D eigenvalue weighted by Crippen LogP contribution is -2.25. The van der Waals surface area contributed by atoms with Gasteiger partial charge in [-0.1, -0.05) is 18.2 Å². The van der Waals surface area contributed by atoms with Crippen LogP contribution in [0.5, 0.6) is 5.75 Å². The molecule has 0 saturated heterocycles. The van der Waals surface area contributed by atoms with Crippen molar-refractivity contribution in [3.8, 4) is 5.75 Å². The number of nitrogens with one attached hydrogen (secondary N) is 1. The third-order valence-electron chi connectivity index (χ3n) is 5.06. The molecule has 2 aromatic carbocycles. The molecule has 3 aromatic rings. The number of hydrogen-bond acceptors (Lipinski definition) is 5. The molecule has 31 heavy (non-hydrogen) atoms. The summed E-state index contributed by atoms with van der Waals surface area (Å²) in [6.45, 7) is 0. The van der Waals surface area contributed by atoms with Crippen LogP contribution in [-0.4, -0.2) is 21.4 Å². The van der Waals surface area contributed by atoms with Gasteiger partial charge in [0.1, 0.15) is 10.6 Å². The molecule has 2 heterocycles. The molecule has 0 unspecified atom stereocenters. The predicted octanol–water partition coefficient (Wildman–Crippen LogP) is 5.08. The SMILES string of the molecule is COc1ccc(S(=O)(=O)c2csc3c2NC(=O)C[C@H]3c2ccccc2C(F)(F)F)cc1. The Kier molecular flexibility index (Phi) is 5.30. The van der Waals surface area contributed by atoms with Crippen LogP contribution in [0.4, 0.5) is 18.9 Å². The summed E-state index contributed by atoms with van der Waals surface area (Å²) < 4.78 is 72.0. The van der Waals surface area contributed by atoms with Crippen molar-refractivity contribution in [1.82, 2.24) is 0 Å². The van der Waals surface area contributed by atoms with Crippen LogP contribution in [-0.2, 0) is 20.8 Å². The van der Waals surface area contributed by atoms with Gasteiger partial charge in [-0.2, -0.15) is 13.2 Å². The van der Waals surface area contributed by atoms with Crippen LogP contribution in [0.3, 0.4) is 0 Å². The largest absolute Gasteiger partial charge is 0.497 e. The molecule has 10 heteroatoms. The van der Waals surface area contributed by atoms with E-state index in [1.165, 1.54) is 55.0 Å². The third-order valence-corrected chi connectivity index (χ3v) is 8.10. The molecule has 1 atom stereocenters. The minimum Gasteiger partial charge on any atom is -0.497 e. The number of sulfone groups is 1. The van der Waals surface area contributed by atoms with Gasteiger partial charge in [-0.15, -0.1) is 11.3 Å². The van der Waals surface area contributed by atoms with Crippen molar-refractivity contribution < 1.29 is 31.1 Å². The number of hydrogen-bond donors (Lipinski definition) is 1. The van der Waals surface area contributed by atoms with E-state index in [9.17, 15) is 26.4 Å². The summed E-state index contributed by atoms with van der Waals surface area (Å²) in [5, 5.41) is 3.91. The summed E-state index contributed by atoms with van der Waals surface area (Å²) in [4.78, 5) is 12.6. The Morgan fingerprint density at radius 2 is 1.77 bits per heavy atom. The minimum atomic E-state index is -4.60. The first kappa shape index (κ1) is 21.4. The van der Waals surface area contributed by atoms with Gasteiger partial charge in [0.2, 0.25) is 15.7 Å². The number of benzene rings is 2. The summed E-state index contributed by atoms with van der Waals surface area (Å²) in [5.74, 6) is -0.964. The van der Waals surface area contributed by atoms with Gasteiger partial charge in [-0.05, 0) is 35.9 Å². The molecule has 1 N–H and O–H groups in total. The first-order valence-electron chi connectivity index (χ1n) is 9.09. The molecule has 0 radical (unpaired) electrons. The Bertz CT molecular complexity index is 1250. The number of amides is 1. The van der Waals surface area contributed by atoms with E-state index in [0.29, 0.717) is 10.6 Å². The molecule has 0 spiro atoms. The highest BCUT2D eigenvalue weighted by atomic mass is 32.2. The van der Waals surface area contributed by atoms with Crippen LogP contribution in [0.25, 0.3) is 0 Å². The van der Waals surface area contributed by atoms with Crippen molar-refractivity contribution in [2.45, 2.75) is 28.3 Å². The lowest BCUT2D eigenvalue weighted by molar-refractivity contribution is -0.138. The molecule has 1 aliphatic rings. The highest BCUT2D eigenvalue weighted by molar-refractivity contribution is 7.91. The number of thiophene rings is 1. The van der Waals surface area contributed by atoms with Gasteiger partial charge in [0.25, 0.3) is 0 Å². The number of ether oxygens (including phenoxy) is 1. The second-order valence-electron chi connectivity index (χ2n) is 6.91. The van der Waals surface area contributed by atoms with Crippen molar-refractivity contribution in [1.29, 1.82) is 0 Å². The zero-order valence-corrected chi connectivity index (χ0v) is 17.7. The fourth-order valence-corrected chi connectivity index (χ4v) is 6.49. The topological polar surface area (TPSA) is 72.5 Å². The van der Waals surface area contributed by atoms with E-state index in [1.54, 1.807) is 0 Å².